The number of hydrogen-bond donors (Lipinski definition) is 0. The summed E-state index contributed by atoms with van der Waals surface area (Å²) in [7, 11) is 0. The number of nitrogens with zero attached hydrogens (tertiary/aromatic N) is 1. The van der Waals surface area contributed by atoms with E-state index in [1.165, 1.54) is 0 Å². The van der Waals surface area contributed by atoms with Crippen molar-refractivity contribution in [1.29, 1.82) is 0 Å². The molecule has 2 heterocycles. The monoisotopic (exact) mass is 683 g/mol. The number of rotatable bonds is 6. The summed E-state index contributed by atoms with van der Waals surface area (Å²) in [5.74, 6) is 0. The third kappa shape index (κ3) is 4.98. The molecular weight excluding hydrogens is 623 g/mol. The van der Waals surface area contributed by atoms with Crippen molar-refractivity contribution in [1.82, 2.24) is 0 Å². The number of fused-ring (bicyclic) bond motifs is 6. The lowest BCUT2D eigenvalue weighted by Crippen LogP contribution is -2.09. The summed E-state index contributed by atoms with van der Waals surface area (Å²) in [5.41, 5.74) is -10.3. The van der Waals surface area contributed by atoms with E-state index in [2.05, 4.69) is 0 Å². The molecule has 51 heavy (non-hydrogen) atoms. The van der Waals surface area contributed by atoms with E-state index in [9.17, 15) is 16.4 Å². The van der Waals surface area contributed by atoms with Gasteiger partial charge in [0.2, 0.25) is 0 Å². The second-order valence-corrected chi connectivity index (χ2v) is 10.6. The van der Waals surface area contributed by atoms with Crippen LogP contribution in [0.25, 0.3) is 77.3 Å². The highest BCUT2D eigenvalue weighted by Gasteiger charge is 2.22. The molecule has 0 saturated carbocycles. The molecule has 0 bridgehead atoms. The van der Waals surface area contributed by atoms with Gasteiger partial charge >= 0.3 is 0 Å². The molecule has 0 amide bonds. The van der Waals surface area contributed by atoms with Crippen LogP contribution in [0.3, 0.4) is 0 Å². The quantitative estimate of drug-likeness (QED) is 0.175. The minimum atomic E-state index is -1.24. The van der Waals surface area contributed by atoms with E-state index in [-0.39, 0.29) is 0 Å². The van der Waals surface area contributed by atoms with Crippen molar-refractivity contribution < 1.29 is 50.0 Å². The fraction of sp³-hybridized carbons (Fsp3) is 0. The molecule has 0 aliphatic carbocycles. The van der Waals surface area contributed by atoms with Crippen LogP contribution in [0.5, 0.6) is 0 Å². The first-order chi connectivity index (χ1) is 37.8. The summed E-state index contributed by atoms with van der Waals surface area (Å²) < 4.78 is 279. The van der Waals surface area contributed by atoms with Crippen LogP contribution >= 0.6 is 0 Å². The number of anilines is 3. The minimum Gasteiger partial charge on any atom is -0.456 e. The number of para-hydroxylation sites is 1. The van der Waals surface area contributed by atoms with Gasteiger partial charge in [0.25, 0.3) is 0 Å². The van der Waals surface area contributed by atoms with Gasteiger partial charge in [-0.2, -0.15) is 0 Å². The maximum atomic E-state index is 9.92. The molecule has 0 saturated heterocycles. The first-order valence-corrected chi connectivity index (χ1v) is 14.8. The SMILES string of the molecule is [2H]c1cc(-c2c([2H])c([2H])c(N(c3c([2H])c([2H])c(-c4c([2H])c([2H])c([2H])c([2H])c4[2H])c([2H])c3[2H])c3c([2H])c([2H])c4c(oc5c(-c6c([2H])c([2H])c([2H])c([2H])c6[2H])c6c(oc7c([2H])c([2H])c([2H])c([2H])c76)c([2H])c54)c3[2H])c([2H])c2[2H])c([2H])c([2H])c1[2H]. The Bertz CT molecular complexity index is 4490. The highest BCUT2D eigenvalue weighted by molar-refractivity contribution is 6.23. The molecule has 0 spiro atoms. The summed E-state index contributed by atoms with van der Waals surface area (Å²) in [6.45, 7) is 0. The summed E-state index contributed by atoms with van der Waals surface area (Å²) in [5, 5.41) is -2.15. The number of hydrogen-bond acceptors (Lipinski definition) is 3. The van der Waals surface area contributed by atoms with Gasteiger partial charge in [-0.3, -0.25) is 0 Å². The van der Waals surface area contributed by atoms with Gasteiger partial charge in [-0.15, -0.1) is 0 Å². The zero-order valence-corrected chi connectivity index (χ0v) is 25.3. The average molecular weight is 684 g/mol. The molecule has 3 heteroatoms. The molecule has 240 valence electrons. The summed E-state index contributed by atoms with van der Waals surface area (Å²) in [6, 6.07) is -28.0. The predicted molar refractivity (Wildman–Crippen MR) is 212 cm³/mol. The zero-order chi connectivity index (χ0) is 59.8. The van der Waals surface area contributed by atoms with Crippen molar-refractivity contribution >= 4 is 60.9 Å². The Kier molecular flexibility index (Phi) is 2.78. The maximum absolute atomic E-state index is 9.92. The van der Waals surface area contributed by atoms with Crippen LogP contribution in [-0.2, 0) is 0 Å². The largest absolute Gasteiger partial charge is 0.456 e. The second kappa shape index (κ2) is 11.9. The van der Waals surface area contributed by atoms with Crippen LogP contribution in [0.4, 0.5) is 17.1 Å². The van der Waals surface area contributed by atoms with E-state index in [0.29, 0.717) is 4.90 Å². The number of benzene rings is 8. The lowest BCUT2D eigenvalue weighted by molar-refractivity contribution is 0.664. The molecule has 2 aromatic heterocycles. The molecule has 0 unspecified atom stereocenters. The summed E-state index contributed by atoms with van der Waals surface area (Å²) >= 11 is 0. The lowest BCUT2D eigenvalue weighted by atomic mass is 9.96. The van der Waals surface area contributed by atoms with Crippen molar-refractivity contribution in [3.05, 3.63) is 187 Å². The van der Waals surface area contributed by atoms with E-state index in [1.54, 1.807) is 0 Å². The standard InChI is InChI=1S/C48H31NO2/c1-4-12-32(13-5-1)34-20-24-37(25-21-34)49(38-26-22-35(23-27-38)33-14-6-2-7-15-33)39-28-29-40-42-31-45-47(41-18-10-11-19-43(41)50-45)46(36-16-8-3-9-17-36)48(42)51-44(40)30-39/h1-31H/i1D,2D,3D,4D,5D,6D,7D,8D,9D,10D,11D,12D,13D,14D,16D,17D,18D,19D,20D,21D,22D,23D,24D,25D,26D,27D,28D,29D,30D,31D. The third-order valence-corrected chi connectivity index (χ3v) is 7.71. The fourth-order valence-corrected chi connectivity index (χ4v) is 5.51. The zero-order valence-electron chi connectivity index (χ0n) is 55.3. The maximum Gasteiger partial charge on any atom is 0.144 e. The van der Waals surface area contributed by atoms with Crippen molar-refractivity contribution in [2.24, 2.45) is 0 Å². The van der Waals surface area contributed by atoms with Crippen molar-refractivity contribution in [3.63, 3.8) is 0 Å². The average Bonchev–Trinajstić information content (AvgIpc) is 4.14. The highest BCUT2D eigenvalue weighted by Crippen LogP contribution is 2.46. The van der Waals surface area contributed by atoms with Crippen molar-refractivity contribution in [3.8, 4) is 33.4 Å². The molecule has 0 aliphatic rings. The van der Waals surface area contributed by atoms with Gasteiger partial charge in [0.1, 0.15) is 22.3 Å². The van der Waals surface area contributed by atoms with Gasteiger partial charge < -0.3 is 13.7 Å². The molecule has 10 aromatic rings. The molecule has 10 rings (SSSR count). The fourth-order valence-electron chi connectivity index (χ4n) is 5.51. The van der Waals surface area contributed by atoms with E-state index in [4.69, 9.17) is 33.5 Å². The predicted octanol–water partition coefficient (Wildman–Crippen LogP) is 14.0. The third-order valence-electron chi connectivity index (χ3n) is 7.71. The van der Waals surface area contributed by atoms with E-state index < -0.39 is 276 Å². The highest BCUT2D eigenvalue weighted by atomic mass is 16.3. The van der Waals surface area contributed by atoms with Crippen LogP contribution < -0.4 is 4.90 Å². The van der Waals surface area contributed by atoms with Crippen LogP contribution in [0.1, 0.15) is 41.1 Å². The minimum absolute atomic E-state index is 0.375. The van der Waals surface area contributed by atoms with Gasteiger partial charge in [0.15, 0.2) is 0 Å². The molecule has 8 aromatic carbocycles. The summed E-state index contributed by atoms with van der Waals surface area (Å²) in [4.78, 5) is 0.375. The van der Waals surface area contributed by atoms with Crippen LogP contribution in [-0.4, -0.2) is 0 Å². The van der Waals surface area contributed by atoms with Crippen LogP contribution in [0.2, 0.25) is 0 Å². The molecular formula is C48H31NO2. The Morgan fingerprint density at radius 2 is 0.941 bits per heavy atom. The molecule has 0 aliphatic heterocycles. The molecule has 0 N–H and O–H groups in total. The van der Waals surface area contributed by atoms with Gasteiger partial charge in [-0.05, 0) is 76.2 Å². The topological polar surface area (TPSA) is 29.5 Å². The second-order valence-electron chi connectivity index (χ2n) is 10.6. The molecule has 0 atom stereocenters. The van der Waals surface area contributed by atoms with Gasteiger partial charge in [0, 0.05) is 50.2 Å². The molecule has 3 nitrogen and oxygen atoms in total. The molecule has 0 radical (unpaired) electrons. The Balaban J connectivity index is 1.42. The molecule has 0 fully saturated rings. The van der Waals surface area contributed by atoms with Crippen molar-refractivity contribution in [2.75, 3.05) is 4.90 Å². The van der Waals surface area contributed by atoms with Gasteiger partial charge in [0.05, 0.1) is 41.1 Å². The van der Waals surface area contributed by atoms with E-state index >= 15 is 0 Å². The normalized spacial score (nSPS) is 19.8. The first-order valence-electron chi connectivity index (χ1n) is 29.8. The Labute approximate surface area is 337 Å². The van der Waals surface area contributed by atoms with Crippen molar-refractivity contribution in [2.45, 2.75) is 0 Å². The van der Waals surface area contributed by atoms with Gasteiger partial charge in [-0.1, -0.05) is 133 Å². The Morgan fingerprint density at radius 1 is 0.373 bits per heavy atom. The number of furan rings is 2. The van der Waals surface area contributed by atoms with E-state index in [1.807, 2.05) is 0 Å². The van der Waals surface area contributed by atoms with E-state index in [0.717, 1.165) is 6.07 Å². The summed E-state index contributed by atoms with van der Waals surface area (Å²) in [6.07, 6.45) is 0. The van der Waals surface area contributed by atoms with Crippen LogP contribution in [0, 0.1) is 0 Å². The van der Waals surface area contributed by atoms with Gasteiger partial charge in [-0.25, -0.2) is 0 Å². The smallest absolute Gasteiger partial charge is 0.144 e. The van der Waals surface area contributed by atoms with Crippen LogP contribution in [0.15, 0.2) is 196 Å². The first kappa shape index (κ1) is 11.9. The Hall–Kier alpha value is -6.84. The lowest BCUT2D eigenvalue weighted by Gasteiger charge is -2.26. The Morgan fingerprint density at radius 3 is 1.67 bits per heavy atom.